The van der Waals surface area contributed by atoms with Gasteiger partial charge in [0.1, 0.15) is 0 Å². The van der Waals surface area contributed by atoms with Crippen LogP contribution in [0.3, 0.4) is 0 Å². The molecule has 0 bridgehead atoms. The molecule has 0 aliphatic carbocycles. The summed E-state index contributed by atoms with van der Waals surface area (Å²) in [6.45, 7) is 0.677. The lowest BCUT2D eigenvalue weighted by Crippen LogP contribution is -2.30. The molecular formula is C20H19Cl2NO3. The first kappa shape index (κ1) is 18.7. The third-order valence-corrected chi connectivity index (χ3v) is 5.57. The van der Waals surface area contributed by atoms with Crippen LogP contribution in [0, 0.1) is 5.92 Å². The van der Waals surface area contributed by atoms with Crippen molar-refractivity contribution in [3.05, 3.63) is 69.7 Å². The van der Waals surface area contributed by atoms with Gasteiger partial charge in [0.25, 0.3) is 0 Å². The van der Waals surface area contributed by atoms with Gasteiger partial charge in [-0.15, -0.1) is 0 Å². The highest BCUT2D eigenvalue weighted by Gasteiger charge is 2.40. The smallest absolute Gasteiger partial charge is 0.308 e. The van der Waals surface area contributed by atoms with E-state index in [2.05, 4.69) is 0 Å². The molecule has 26 heavy (non-hydrogen) atoms. The average molecular weight is 392 g/mol. The van der Waals surface area contributed by atoms with Crippen LogP contribution in [0.4, 0.5) is 0 Å². The Balaban J connectivity index is 1.66. The second kappa shape index (κ2) is 8.11. The van der Waals surface area contributed by atoms with E-state index >= 15 is 0 Å². The number of hydrogen-bond donors (Lipinski definition) is 1. The molecule has 0 radical (unpaired) electrons. The van der Waals surface area contributed by atoms with E-state index in [1.165, 1.54) is 0 Å². The van der Waals surface area contributed by atoms with Gasteiger partial charge in [0, 0.05) is 25.4 Å². The summed E-state index contributed by atoms with van der Waals surface area (Å²) < 4.78 is 0. The largest absolute Gasteiger partial charge is 0.481 e. The monoisotopic (exact) mass is 391 g/mol. The molecule has 0 spiro atoms. The van der Waals surface area contributed by atoms with Crippen molar-refractivity contribution in [3.8, 4) is 0 Å². The van der Waals surface area contributed by atoms with E-state index in [1.807, 2.05) is 36.4 Å². The minimum Gasteiger partial charge on any atom is -0.481 e. The number of likely N-dealkylation sites (tertiary alicyclic amines) is 1. The first-order chi connectivity index (χ1) is 12.5. The number of rotatable bonds is 5. The van der Waals surface area contributed by atoms with E-state index < -0.39 is 11.9 Å². The van der Waals surface area contributed by atoms with Crippen LogP contribution in [0.1, 0.15) is 23.5 Å². The molecule has 1 fully saturated rings. The van der Waals surface area contributed by atoms with Crippen molar-refractivity contribution in [2.45, 2.75) is 18.8 Å². The van der Waals surface area contributed by atoms with Crippen molar-refractivity contribution < 1.29 is 14.7 Å². The van der Waals surface area contributed by atoms with E-state index in [9.17, 15) is 14.7 Å². The first-order valence-electron chi connectivity index (χ1n) is 8.45. The topological polar surface area (TPSA) is 57.6 Å². The van der Waals surface area contributed by atoms with Gasteiger partial charge >= 0.3 is 5.97 Å². The molecule has 1 N–H and O–H groups in total. The highest BCUT2D eigenvalue weighted by Crippen LogP contribution is 2.33. The molecule has 3 rings (SSSR count). The fourth-order valence-electron chi connectivity index (χ4n) is 3.40. The minimum atomic E-state index is -0.862. The highest BCUT2D eigenvalue weighted by molar-refractivity contribution is 6.42. The van der Waals surface area contributed by atoms with Gasteiger partial charge in [0.05, 0.1) is 16.0 Å². The number of benzene rings is 2. The van der Waals surface area contributed by atoms with Crippen LogP contribution in [-0.2, 0) is 16.0 Å². The fourth-order valence-corrected chi connectivity index (χ4v) is 3.72. The summed E-state index contributed by atoms with van der Waals surface area (Å²) in [5.74, 6) is -1.66. The third kappa shape index (κ3) is 4.19. The number of carboxylic acid groups (broad SMARTS) is 1. The number of aliphatic carboxylic acids is 1. The van der Waals surface area contributed by atoms with Crippen LogP contribution in [0.5, 0.6) is 0 Å². The summed E-state index contributed by atoms with van der Waals surface area (Å²) in [7, 11) is 0. The molecule has 6 heteroatoms. The molecule has 2 aromatic rings. The number of carboxylic acids is 1. The van der Waals surface area contributed by atoms with Gasteiger partial charge < -0.3 is 10.0 Å². The average Bonchev–Trinajstić information content (AvgIpc) is 3.09. The normalized spacial score (nSPS) is 19.5. The number of carbonyl (C=O) groups is 2. The number of aryl methyl sites for hydroxylation is 1. The lowest BCUT2D eigenvalue weighted by Gasteiger charge is -2.16. The molecule has 1 aliphatic heterocycles. The molecular weight excluding hydrogens is 373 g/mol. The molecule has 2 aromatic carbocycles. The molecule has 0 aromatic heterocycles. The van der Waals surface area contributed by atoms with Gasteiger partial charge in [0.15, 0.2) is 0 Å². The van der Waals surface area contributed by atoms with Crippen molar-refractivity contribution >= 4 is 35.1 Å². The second-order valence-corrected chi connectivity index (χ2v) is 7.32. The van der Waals surface area contributed by atoms with Crippen LogP contribution in [0.2, 0.25) is 10.0 Å². The van der Waals surface area contributed by atoms with Gasteiger partial charge in [-0.05, 0) is 29.7 Å². The molecule has 1 aliphatic rings. The summed E-state index contributed by atoms with van der Waals surface area (Å²) in [5, 5.41) is 10.5. The second-order valence-electron chi connectivity index (χ2n) is 6.51. The highest BCUT2D eigenvalue weighted by atomic mass is 35.5. The first-order valence-corrected chi connectivity index (χ1v) is 9.20. The van der Waals surface area contributed by atoms with Crippen molar-refractivity contribution in [3.63, 3.8) is 0 Å². The zero-order valence-electron chi connectivity index (χ0n) is 14.1. The molecule has 4 nitrogen and oxygen atoms in total. The summed E-state index contributed by atoms with van der Waals surface area (Å²) in [4.78, 5) is 25.9. The lowest BCUT2D eigenvalue weighted by molar-refractivity contribution is -0.141. The fraction of sp³-hybridized carbons (Fsp3) is 0.300. The zero-order valence-corrected chi connectivity index (χ0v) is 15.6. The minimum absolute atomic E-state index is 0.0410. The van der Waals surface area contributed by atoms with Crippen molar-refractivity contribution in [2.75, 3.05) is 13.1 Å². The Morgan fingerprint density at radius 2 is 1.77 bits per heavy atom. The van der Waals surface area contributed by atoms with Crippen LogP contribution in [0.25, 0.3) is 0 Å². The summed E-state index contributed by atoms with van der Waals surface area (Å²) >= 11 is 11.9. The van der Waals surface area contributed by atoms with Crippen molar-refractivity contribution in [2.24, 2.45) is 5.92 Å². The van der Waals surface area contributed by atoms with E-state index in [4.69, 9.17) is 23.2 Å². The SMILES string of the molecule is O=C(O)[C@@H]1CN(C(=O)CCc2ccc(Cl)c(Cl)c2)C[C@@H]1c1ccccc1. The van der Waals surface area contributed by atoms with Crippen molar-refractivity contribution in [1.29, 1.82) is 0 Å². The number of hydrogen-bond acceptors (Lipinski definition) is 2. The molecule has 0 unspecified atom stereocenters. The summed E-state index contributed by atoms with van der Waals surface area (Å²) in [6, 6.07) is 14.8. The standard InChI is InChI=1S/C20H19Cl2NO3/c21-17-8-6-13(10-18(17)22)7-9-19(24)23-11-15(16(12-23)20(25)26)14-4-2-1-3-5-14/h1-6,8,10,15-16H,7,9,11-12H2,(H,25,26)/t15-,16-/m1/s1. The Labute approximate surface area is 162 Å². The van der Waals surface area contributed by atoms with Crippen LogP contribution in [-0.4, -0.2) is 35.0 Å². The third-order valence-electron chi connectivity index (χ3n) is 4.83. The van der Waals surface area contributed by atoms with Crippen LogP contribution < -0.4 is 0 Å². The molecule has 0 saturated carbocycles. The van der Waals surface area contributed by atoms with Gasteiger partial charge in [0.2, 0.25) is 5.91 Å². The quantitative estimate of drug-likeness (QED) is 0.828. The van der Waals surface area contributed by atoms with E-state index in [0.29, 0.717) is 29.4 Å². The molecule has 1 amide bonds. The molecule has 136 valence electrons. The Morgan fingerprint density at radius 3 is 2.42 bits per heavy atom. The maximum absolute atomic E-state index is 12.6. The Bertz CT molecular complexity index is 810. The molecule has 2 atom stereocenters. The van der Waals surface area contributed by atoms with Gasteiger partial charge in [-0.1, -0.05) is 59.6 Å². The number of amides is 1. The Kier molecular flexibility index (Phi) is 5.84. The number of nitrogens with zero attached hydrogens (tertiary/aromatic N) is 1. The van der Waals surface area contributed by atoms with Gasteiger partial charge in [-0.2, -0.15) is 0 Å². The van der Waals surface area contributed by atoms with Gasteiger partial charge in [-0.25, -0.2) is 0 Å². The Hall–Kier alpha value is -2.04. The van der Waals surface area contributed by atoms with Crippen LogP contribution in [0.15, 0.2) is 48.5 Å². The predicted octanol–water partition coefficient (Wildman–Crippen LogP) is 4.25. The van der Waals surface area contributed by atoms with E-state index in [0.717, 1.165) is 11.1 Å². The number of halogens is 2. The molecule has 1 heterocycles. The zero-order chi connectivity index (χ0) is 18.7. The molecule has 1 saturated heterocycles. The van der Waals surface area contributed by atoms with E-state index in [-0.39, 0.29) is 18.4 Å². The maximum Gasteiger partial charge on any atom is 0.308 e. The maximum atomic E-state index is 12.6. The van der Waals surface area contributed by atoms with Crippen LogP contribution >= 0.6 is 23.2 Å². The van der Waals surface area contributed by atoms with Crippen molar-refractivity contribution in [1.82, 2.24) is 4.90 Å². The predicted molar refractivity (Wildman–Crippen MR) is 102 cm³/mol. The summed E-state index contributed by atoms with van der Waals surface area (Å²) in [5.41, 5.74) is 1.89. The Morgan fingerprint density at radius 1 is 1.04 bits per heavy atom. The lowest BCUT2D eigenvalue weighted by atomic mass is 9.89. The summed E-state index contributed by atoms with van der Waals surface area (Å²) in [6.07, 6.45) is 0.853. The van der Waals surface area contributed by atoms with E-state index in [1.54, 1.807) is 17.0 Å². The number of carbonyl (C=O) groups excluding carboxylic acids is 1. The van der Waals surface area contributed by atoms with Gasteiger partial charge in [-0.3, -0.25) is 9.59 Å².